The van der Waals surface area contributed by atoms with Crippen molar-refractivity contribution in [1.82, 2.24) is 15.5 Å². The van der Waals surface area contributed by atoms with Crippen molar-refractivity contribution in [3.63, 3.8) is 0 Å². The number of hydrogen-bond acceptors (Lipinski definition) is 2. The van der Waals surface area contributed by atoms with E-state index in [1.807, 2.05) is 11.8 Å². The highest BCUT2D eigenvalue weighted by Crippen LogP contribution is 2.08. The number of nitrogens with one attached hydrogen (secondary N) is 2. The molecule has 1 aliphatic rings. The van der Waals surface area contributed by atoms with E-state index in [0.29, 0.717) is 18.9 Å². The molecular formula is C14H28N4O. The van der Waals surface area contributed by atoms with E-state index in [4.69, 9.17) is 0 Å². The van der Waals surface area contributed by atoms with Crippen LogP contribution in [0, 0.1) is 5.92 Å². The summed E-state index contributed by atoms with van der Waals surface area (Å²) in [5, 5.41) is 6.42. The van der Waals surface area contributed by atoms with Crippen molar-refractivity contribution in [2.75, 3.05) is 32.7 Å². The fraction of sp³-hybridized carbons (Fsp3) is 0.857. The maximum atomic E-state index is 11.9. The third-order valence-corrected chi connectivity index (χ3v) is 3.05. The summed E-state index contributed by atoms with van der Waals surface area (Å²) < 4.78 is 0. The molecule has 1 fully saturated rings. The number of rotatable bonds is 6. The van der Waals surface area contributed by atoms with E-state index in [2.05, 4.69) is 29.5 Å². The van der Waals surface area contributed by atoms with Crippen molar-refractivity contribution in [2.24, 2.45) is 10.9 Å². The summed E-state index contributed by atoms with van der Waals surface area (Å²) in [6, 6.07) is 0. The van der Waals surface area contributed by atoms with Crippen LogP contribution in [-0.4, -0.2) is 49.5 Å². The number of likely N-dealkylation sites (tertiary alicyclic amines) is 1. The number of carbonyl (C=O) groups is 1. The van der Waals surface area contributed by atoms with Crippen LogP contribution in [0.25, 0.3) is 0 Å². The number of carbonyl (C=O) groups excluding carboxylic acids is 1. The Bertz CT molecular complexity index is 296. The van der Waals surface area contributed by atoms with E-state index in [0.717, 1.165) is 45.0 Å². The first-order valence-electron chi connectivity index (χ1n) is 7.43. The lowest BCUT2D eigenvalue weighted by atomic mass is 10.2. The monoisotopic (exact) mass is 268 g/mol. The molecule has 1 rings (SSSR count). The maximum absolute atomic E-state index is 11.9. The second-order valence-corrected chi connectivity index (χ2v) is 5.38. The predicted molar refractivity (Wildman–Crippen MR) is 79.3 cm³/mol. The molecule has 5 nitrogen and oxygen atoms in total. The van der Waals surface area contributed by atoms with Gasteiger partial charge in [-0.1, -0.05) is 13.8 Å². The van der Waals surface area contributed by atoms with Gasteiger partial charge in [0.1, 0.15) is 0 Å². The average Bonchev–Trinajstić information content (AvgIpc) is 2.89. The molecule has 1 heterocycles. The van der Waals surface area contributed by atoms with E-state index < -0.39 is 0 Å². The van der Waals surface area contributed by atoms with Crippen LogP contribution in [0.5, 0.6) is 0 Å². The highest BCUT2D eigenvalue weighted by atomic mass is 16.2. The molecular weight excluding hydrogens is 240 g/mol. The molecule has 0 aromatic carbocycles. The Morgan fingerprint density at radius 3 is 2.53 bits per heavy atom. The zero-order valence-corrected chi connectivity index (χ0v) is 12.5. The third kappa shape index (κ3) is 6.45. The lowest BCUT2D eigenvalue weighted by molar-refractivity contribution is -0.129. The van der Waals surface area contributed by atoms with Crippen LogP contribution >= 0.6 is 0 Å². The Morgan fingerprint density at radius 2 is 1.95 bits per heavy atom. The van der Waals surface area contributed by atoms with Gasteiger partial charge in [0.25, 0.3) is 0 Å². The second-order valence-electron chi connectivity index (χ2n) is 5.38. The minimum atomic E-state index is 0.254. The second kappa shape index (κ2) is 8.77. The summed E-state index contributed by atoms with van der Waals surface area (Å²) in [5.41, 5.74) is 0. The molecule has 1 saturated heterocycles. The standard InChI is InChI=1S/C14H28N4O/c1-4-15-14(17-11-12(2)3)16-8-7-13(19)18-9-5-6-10-18/h12H,4-11H2,1-3H3,(H2,15,16,17). The molecule has 2 N–H and O–H groups in total. The molecule has 0 aromatic rings. The van der Waals surface area contributed by atoms with E-state index in [1.54, 1.807) is 0 Å². The van der Waals surface area contributed by atoms with Gasteiger partial charge in [-0.2, -0.15) is 0 Å². The third-order valence-electron chi connectivity index (χ3n) is 3.05. The average molecular weight is 268 g/mol. The number of nitrogens with zero attached hydrogens (tertiary/aromatic N) is 2. The highest BCUT2D eigenvalue weighted by Gasteiger charge is 2.17. The zero-order chi connectivity index (χ0) is 14.1. The molecule has 5 heteroatoms. The summed E-state index contributed by atoms with van der Waals surface area (Å²) in [7, 11) is 0. The summed E-state index contributed by atoms with van der Waals surface area (Å²) in [4.78, 5) is 18.3. The predicted octanol–water partition coefficient (Wildman–Crippen LogP) is 1.21. The SMILES string of the molecule is CCNC(=NCC(C)C)NCCC(=O)N1CCCC1. The van der Waals surface area contributed by atoms with Crippen molar-refractivity contribution in [2.45, 2.75) is 40.0 Å². The van der Waals surface area contributed by atoms with Crippen molar-refractivity contribution in [3.05, 3.63) is 0 Å². The highest BCUT2D eigenvalue weighted by molar-refractivity contribution is 5.81. The van der Waals surface area contributed by atoms with E-state index in [1.165, 1.54) is 0 Å². The fourth-order valence-electron chi connectivity index (χ4n) is 2.03. The minimum absolute atomic E-state index is 0.254. The van der Waals surface area contributed by atoms with Crippen molar-refractivity contribution >= 4 is 11.9 Å². The number of amides is 1. The van der Waals surface area contributed by atoms with Gasteiger partial charge in [0, 0.05) is 39.1 Å². The first-order chi connectivity index (χ1) is 9.13. The van der Waals surface area contributed by atoms with E-state index >= 15 is 0 Å². The Morgan fingerprint density at radius 1 is 1.26 bits per heavy atom. The van der Waals surface area contributed by atoms with Crippen LogP contribution in [0.1, 0.15) is 40.0 Å². The van der Waals surface area contributed by atoms with E-state index in [9.17, 15) is 4.79 Å². The van der Waals surface area contributed by atoms with Crippen LogP contribution < -0.4 is 10.6 Å². The molecule has 0 atom stereocenters. The molecule has 0 radical (unpaired) electrons. The molecule has 0 spiro atoms. The van der Waals surface area contributed by atoms with Crippen LogP contribution in [0.15, 0.2) is 4.99 Å². The Balaban J connectivity index is 2.26. The molecule has 110 valence electrons. The fourth-order valence-corrected chi connectivity index (χ4v) is 2.03. The van der Waals surface area contributed by atoms with Gasteiger partial charge in [-0.15, -0.1) is 0 Å². The number of guanidine groups is 1. The van der Waals surface area contributed by atoms with Crippen LogP contribution in [0.2, 0.25) is 0 Å². The summed E-state index contributed by atoms with van der Waals surface area (Å²) in [6.45, 7) is 10.5. The lowest BCUT2D eigenvalue weighted by Crippen LogP contribution is -2.40. The minimum Gasteiger partial charge on any atom is -0.357 e. The van der Waals surface area contributed by atoms with Gasteiger partial charge < -0.3 is 15.5 Å². The van der Waals surface area contributed by atoms with Crippen LogP contribution in [0.4, 0.5) is 0 Å². The van der Waals surface area contributed by atoms with Gasteiger partial charge in [0.15, 0.2) is 5.96 Å². The normalized spacial score (nSPS) is 16.0. The Hall–Kier alpha value is -1.26. The summed E-state index contributed by atoms with van der Waals surface area (Å²) in [5.74, 6) is 1.61. The van der Waals surface area contributed by atoms with Gasteiger partial charge in [0.05, 0.1) is 0 Å². The Labute approximate surface area is 116 Å². The van der Waals surface area contributed by atoms with Gasteiger partial charge in [-0.3, -0.25) is 9.79 Å². The van der Waals surface area contributed by atoms with Crippen molar-refractivity contribution < 1.29 is 4.79 Å². The smallest absolute Gasteiger partial charge is 0.224 e. The van der Waals surface area contributed by atoms with E-state index in [-0.39, 0.29) is 5.91 Å². The summed E-state index contributed by atoms with van der Waals surface area (Å²) in [6.07, 6.45) is 2.85. The largest absolute Gasteiger partial charge is 0.357 e. The quantitative estimate of drug-likeness (QED) is 0.562. The Kier molecular flexibility index (Phi) is 7.30. The molecule has 0 unspecified atom stereocenters. The van der Waals surface area contributed by atoms with Gasteiger partial charge in [0.2, 0.25) is 5.91 Å². The maximum Gasteiger partial charge on any atom is 0.224 e. The molecule has 1 aliphatic heterocycles. The van der Waals surface area contributed by atoms with Crippen LogP contribution in [0.3, 0.4) is 0 Å². The topological polar surface area (TPSA) is 56.7 Å². The lowest BCUT2D eigenvalue weighted by Gasteiger charge is -2.16. The first kappa shape index (κ1) is 15.8. The number of hydrogen-bond donors (Lipinski definition) is 2. The van der Waals surface area contributed by atoms with Gasteiger partial charge in [-0.05, 0) is 25.7 Å². The van der Waals surface area contributed by atoms with Gasteiger partial charge in [-0.25, -0.2) is 0 Å². The summed E-state index contributed by atoms with van der Waals surface area (Å²) >= 11 is 0. The molecule has 0 aromatic heterocycles. The van der Waals surface area contributed by atoms with Crippen molar-refractivity contribution in [1.29, 1.82) is 0 Å². The molecule has 19 heavy (non-hydrogen) atoms. The van der Waals surface area contributed by atoms with Crippen LogP contribution in [-0.2, 0) is 4.79 Å². The molecule has 1 amide bonds. The molecule has 0 saturated carbocycles. The number of aliphatic imine (C=N–C) groups is 1. The van der Waals surface area contributed by atoms with Crippen molar-refractivity contribution in [3.8, 4) is 0 Å². The van der Waals surface area contributed by atoms with Gasteiger partial charge >= 0.3 is 0 Å². The molecule has 0 bridgehead atoms. The first-order valence-corrected chi connectivity index (χ1v) is 7.43. The zero-order valence-electron chi connectivity index (χ0n) is 12.5. The molecule has 0 aliphatic carbocycles.